The van der Waals surface area contributed by atoms with E-state index in [9.17, 15) is 14.4 Å². The highest BCUT2D eigenvalue weighted by atomic mass is 16.5. The van der Waals surface area contributed by atoms with Crippen molar-refractivity contribution in [2.75, 3.05) is 33.9 Å². The highest BCUT2D eigenvalue weighted by Gasteiger charge is 2.54. The summed E-state index contributed by atoms with van der Waals surface area (Å²) < 4.78 is 27.4. The van der Waals surface area contributed by atoms with Gasteiger partial charge in [0.1, 0.15) is 17.5 Å². The van der Waals surface area contributed by atoms with E-state index in [2.05, 4.69) is 5.32 Å². The molecule has 11 heteroatoms. The molecule has 0 unspecified atom stereocenters. The summed E-state index contributed by atoms with van der Waals surface area (Å²) >= 11 is 0. The van der Waals surface area contributed by atoms with Crippen molar-refractivity contribution in [1.82, 2.24) is 15.1 Å². The molecule has 38 heavy (non-hydrogen) atoms. The first kappa shape index (κ1) is 25.4. The van der Waals surface area contributed by atoms with E-state index in [1.165, 1.54) is 31.6 Å². The summed E-state index contributed by atoms with van der Waals surface area (Å²) in [4.78, 5) is 43.2. The van der Waals surface area contributed by atoms with Gasteiger partial charge in [-0.15, -0.1) is 0 Å². The lowest BCUT2D eigenvalue weighted by atomic mass is 9.96. The third-order valence-electron chi connectivity index (χ3n) is 6.99. The van der Waals surface area contributed by atoms with Crippen molar-refractivity contribution < 1.29 is 37.4 Å². The SMILES string of the molecule is COc1ccc(C(=O)N2CCC3(CC2)OC[C@H](C(=O)NCc2ccco2)N3C(=O)c2ccco2)cc1OC. The lowest BCUT2D eigenvalue weighted by molar-refractivity contribution is -0.128. The minimum Gasteiger partial charge on any atom is -0.493 e. The van der Waals surface area contributed by atoms with Gasteiger partial charge in [-0.2, -0.15) is 0 Å². The molecule has 2 saturated heterocycles. The third kappa shape index (κ3) is 4.72. The fourth-order valence-corrected chi connectivity index (χ4v) is 5.00. The number of nitrogens with one attached hydrogen (secondary N) is 1. The van der Waals surface area contributed by atoms with Crippen LogP contribution in [0.5, 0.6) is 11.5 Å². The molecule has 3 aromatic rings. The highest BCUT2D eigenvalue weighted by Crippen LogP contribution is 2.39. The predicted octanol–water partition coefficient (Wildman–Crippen LogP) is 2.68. The highest BCUT2D eigenvalue weighted by molar-refractivity contribution is 5.97. The van der Waals surface area contributed by atoms with Gasteiger partial charge in [0.2, 0.25) is 5.91 Å². The molecule has 200 valence electrons. The van der Waals surface area contributed by atoms with E-state index in [1.54, 1.807) is 47.4 Å². The Morgan fingerprint density at radius 2 is 1.71 bits per heavy atom. The first-order valence-electron chi connectivity index (χ1n) is 12.3. The molecule has 5 rings (SSSR count). The van der Waals surface area contributed by atoms with Crippen LogP contribution in [-0.2, 0) is 16.1 Å². The molecule has 4 heterocycles. The van der Waals surface area contributed by atoms with Gasteiger partial charge in [-0.05, 0) is 42.5 Å². The summed E-state index contributed by atoms with van der Waals surface area (Å²) in [5, 5.41) is 2.82. The molecule has 2 aliphatic rings. The molecular weight excluding hydrogens is 494 g/mol. The quantitative estimate of drug-likeness (QED) is 0.501. The summed E-state index contributed by atoms with van der Waals surface area (Å²) in [6.45, 7) is 0.872. The Labute approximate surface area is 219 Å². The molecule has 0 radical (unpaired) electrons. The summed E-state index contributed by atoms with van der Waals surface area (Å²) in [5.41, 5.74) is -0.588. The number of carbonyl (C=O) groups is 3. The second-order valence-corrected chi connectivity index (χ2v) is 9.08. The van der Waals surface area contributed by atoms with Crippen LogP contribution in [0.1, 0.15) is 39.5 Å². The van der Waals surface area contributed by atoms with Crippen LogP contribution in [0.25, 0.3) is 0 Å². The van der Waals surface area contributed by atoms with Gasteiger partial charge in [0.25, 0.3) is 11.8 Å². The van der Waals surface area contributed by atoms with Crippen LogP contribution < -0.4 is 14.8 Å². The summed E-state index contributed by atoms with van der Waals surface area (Å²) in [7, 11) is 3.05. The number of ether oxygens (including phenoxy) is 3. The van der Waals surface area contributed by atoms with Crippen LogP contribution in [-0.4, -0.2) is 73.2 Å². The molecule has 0 aliphatic carbocycles. The monoisotopic (exact) mass is 523 g/mol. The lowest BCUT2D eigenvalue weighted by Gasteiger charge is -2.44. The zero-order valence-electron chi connectivity index (χ0n) is 21.2. The van der Waals surface area contributed by atoms with Gasteiger partial charge in [-0.25, -0.2) is 0 Å². The largest absolute Gasteiger partial charge is 0.493 e. The maximum absolute atomic E-state index is 13.5. The second kappa shape index (κ2) is 10.6. The summed E-state index contributed by atoms with van der Waals surface area (Å²) in [6, 6.07) is 10.8. The Morgan fingerprint density at radius 1 is 0.974 bits per heavy atom. The molecular formula is C27H29N3O8. The minimum atomic E-state index is -1.05. The third-order valence-corrected chi connectivity index (χ3v) is 6.99. The van der Waals surface area contributed by atoms with E-state index in [4.69, 9.17) is 23.0 Å². The number of hydrogen-bond acceptors (Lipinski definition) is 8. The molecule has 1 spiro atoms. The average molecular weight is 524 g/mol. The van der Waals surface area contributed by atoms with Crippen LogP contribution >= 0.6 is 0 Å². The zero-order valence-corrected chi connectivity index (χ0v) is 21.2. The number of furan rings is 2. The Hall–Kier alpha value is -4.25. The number of carbonyl (C=O) groups excluding carboxylic acids is 3. The maximum atomic E-state index is 13.5. The van der Waals surface area contributed by atoms with Crippen LogP contribution in [0.2, 0.25) is 0 Å². The first-order valence-corrected chi connectivity index (χ1v) is 12.3. The van der Waals surface area contributed by atoms with Gasteiger partial charge in [0.15, 0.2) is 17.3 Å². The van der Waals surface area contributed by atoms with Crippen molar-refractivity contribution >= 4 is 17.7 Å². The van der Waals surface area contributed by atoms with Crippen molar-refractivity contribution in [1.29, 1.82) is 0 Å². The van der Waals surface area contributed by atoms with E-state index < -0.39 is 17.7 Å². The molecule has 1 N–H and O–H groups in total. The molecule has 0 saturated carbocycles. The number of methoxy groups -OCH3 is 2. The van der Waals surface area contributed by atoms with E-state index in [-0.39, 0.29) is 30.7 Å². The molecule has 3 amide bonds. The van der Waals surface area contributed by atoms with E-state index in [1.807, 2.05) is 0 Å². The van der Waals surface area contributed by atoms with Gasteiger partial charge in [0.05, 0.1) is 39.9 Å². The normalized spacial score (nSPS) is 18.4. The second-order valence-electron chi connectivity index (χ2n) is 9.08. The van der Waals surface area contributed by atoms with Crippen molar-refractivity contribution in [2.45, 2.75) is 31.2 Å². The van der Waals surface area contributed by atoms with Crippen molar-refractivity contribution in [3.8, 4) is 11.5 Å². The first-order chi connectivity index (χ1) is 18.5. The van der Waals surface area contributed by atoms with Crippen LogP contribution in [0, 0.1) is 0 Å². The number of nitrogens with zero attached hydrogens (tertiary/aromatic N) is 2. The van der Waals surface area contributed by atoms with E-state index in [0.717, 1.165) is 0 Å². The van der Waals surface area contributed by atoms with Gasteiger partial charge in [-0.3, -0.25) is 19.3 Å². The van der Waals surface area contributed by atoms with Crippen molar-refractivity contribution in [3.63, 3.8) is 0 Å². The van der Waals surface area contributed by atoms with Gasteiger partial charge in [-0.1, -0.05) is 0 Å². The number of likely N-dealkylation sites (tertiary alicyclic amines) is 1. The Morgan fingerprint density at radius 3 is 2.37 bits per heavy atom. The molecule has 2 fully saturated rings. The fourth-order valence-electron chi connectivity index (χ4n) is 5.00. The maximum Gasteiger partial charge on any atom is 0.292 e. The number of benzene rings is 1. The molecule has 0 bridgehead atoms. The predicted molar refractivity (Wildman–Crippen MR) is 133 cm³/mol. The Balaban J connectivity index is 1.33. The molecule has 11 nitrogen and oxygen atoms in total. The molecule has 1 atom stereocenters. The molecule has 1 aromatic carbocycles. The standard InChI is InChI=1S/C27H29N3O8/c1-34-21-8-7-18(15-23(21)35-2)25(32)29-11-9-27(10-12-29)30(26(33)22-6-4-14-37-22)20(17-38-27)24(31)28-16-19-5-3-13-36-19/h3-8,13-15,20H,9-12,16-17H2,1-2H3,(H,28,31)/t20-/m1/s1. The van der Waals surface area contributed by atoms with Gasteiger partial charge < -0.3 is 33.3 Å². The zero-order chi connectivity index (χ0) is 26.7. The van der Waals surface area contributed by atoms with Crippen LogP contribution in [0.4, 0.5) is 0 Å². The summed E-state index contributed by atoms with van der Waals surface area (Å²) in [6.07, 6.45) is 3.60. The topological polar surface area (TPSA) is 124 Å². The number of amides is 3. The Bertz CT molecular complexity index is 1280. The van der Waals surface area contributed by atoms with E-state index >= 15 is 0 Å². The number of piperidine rings is 1. The number of rotatable bonds is 7. The van der Waals surface area contributed by atoms with E-state index in [0.29, 0.717) is 48.8 Å². The average Bonchev–Trinajstić information content (AvgIpc) is 3.73. The Kier molecular flexibility index (Phi) is 7.10. The molecule has 2 aromatic heterocycles. The smallest absolute Gasteiger partial charge is 0.292 e. The fraction of sp³-hybridized carbons (Fsp3) is 0.370. The van der Waals surface area contributed by atoms with Crippen LogP contribution in [0.15, 0.2) is 63.8 Å². The summed E-state index contributed by atoms with van der Waals surface area (Å²) in [5.74, 6) is 0.734. The molecule has 2 aliphatic heterocycles. The van der Waals surface area contributed by atoms with Crippen molar-refractivity contribution in [3.05, 3.63) is 72.1 Å². The van der Waals surface area contributed by atoms with Crippen molar-refractivity contribution in [2.24, 2.45) is 0 Å². The van der Waals surface area contributed by atoms with Gasteiger partial charge in [0, 0.05) is 31.5 Å². The minimum absolute atomic E-state index is 0.0278. The van der Waals surface area contributed by atoms with Crippen LogP contribution in [0.3, 0.4) is 0 Å². The number of hydrogen-bond donors (Lipinski definition) is 1. The lowest BCUT2D eigenvalue weighted by Crippen LogP contribution is -2.59. The van der Waals surface area contributed by atoms with Gasteiger partial charge >= 0.3 is 0 Å².